The van der Waals surface area contributed by atoms with Crippen molar-refractivity contribution in [2.45, 2.75) is 57.7 Å². The lowest BCUT2D eigenvalue weighted by molar-refractivity contribution is 0.411. The third kappa shape index (κ3) is 4.49. The molecule has 0 amide bonds. The first kappa shape index (κ1) is 20.8. The maximum absolute atomic E-state index is 12.2. The maximum Gasteiger partial charge on any atom is 0.251 e. The predicted molar refractivity (Wildman–Crippen MR) is 120 cm³/mol. The number of pyridine rings is 2. The molecule has 0 spiro atoms. The molecule has 3 heterocycles. The zero-order valence-electron chi connectivity index (χ0n) is 17.7. The minimum absolute atomic E-state index is 0.00399. The van der Waals surface area contributed by atoms with E-state index in [0.717, 1.165) is 25.7 Å². The van der Waals surface area contributed by atoms with Crippen molar-refractivity contribution in [3.05, 3.63) is 46.6 Å². The van der Waals surface area contributed by atoms with Gasteiger partial charge in [-0.2, -0.15) is 5.26 Å². The van der Waals surface area contributed by atoms with Gasteiger partial charge >= 0.3 is 0 Å². The molecule has 4 rings (SSSR count). The monoisotopic (exact) mass is 418 g/mol. The lowest BCUT2D eigenvalue weighted by Gasteiger charge is -2.27. The molecule has 4 N–H and O–H groups in total. The molecule has 9 heteroatoms. The van der Waals surface area contributed by atoms with E-state index in [-0.39, 0.29) is 23.7 Å². The summed E-state index contributed by atoms with van der Waals surface area (Å²) >= 11 is 0. The van der Waals surface area contributed by atoms with Crippen molar-refractivity contribution in [1.82, 2.24) is 19.5 Å². The van der Waals surface area contributed by atoms with Crippen LogP contribution in [-0.2, 0) is 0 Å². The van der Waals surface area contributed by atoms with Crippen molar-refractivity contribution in [1.29, 1.82) is 5.26 Å². The highest BCUT2D eigenvalue weighted by Crippen LogP contribution is 2.26. The summed E-state index contributed by atoms with van der Waals surface area (Å²) in [5, 5.41) is 16.0. The summed E-state index contributed by atoms with van der Waals surface area (Å²) < 4.78 is 1.67. The molecular weight excluding hydrogens is 392 g/mol. The molecule has 0 bridgehead atoms. The molecule has 0 saturated heterocycles. The van der Waals surface area contributed by atoms with Gasteiger partial charge in [-0.25, -0.2) is 15.0 Å². The van der Waals surface area contributed by atoms with Crippen LogP contribution < -0.4 is 21.9 Å². The number of nitrogens with one attached hydrogen (secondary N) is 2. The first-order valence-electron chi connectivity index (χ1n) is 10.5. The highest BCUT2D eigenvalue weighted by atomic mass is 16.1. The summed E-state index contributed by atoms with van der Waals surface area (Å²) in [7, 11) is 0. The van der Waals surface area contributed by atoms with Crippen LogP contribution in [0.25, 0.3) is 11.0 Å². The SMILES string of the molecule is CC(C)n1c(=O)ccc2nc(Nc3cnc(C#N)c(NC4CCC(N)CC4)c3)ncc21. The average molecular weight is 419 g/mol. The fourth-order valence-electron chi connectivity index (χ4n) is 3.98. The molecule has 9 nitrogen and oxygen atoms in total. The zero-order valence-corrected chi connectivity index (χ0v) is 17.7. The summed E-state index contributed by atoms with van der Waals surface area (Å²) in [4.78, 5) is 25.4. The van der Waals surface area contributed by atoms with Crippen LogP contribution in [-0.4, -0.2) is 31.6 Å². The molecule has 1 aliphatic rings. The number of rotatable bonds is 5. The van der Waals surface area contributed by atoms with Crippen molar-refractivity contribution < 1.29 is 0 Å². The van der Waals surface area contributed by atoms with E-state index in [4.69, 9.17) is 5.73 Å². The lowest BCUT2D eigenvalue weighted by atomic mass is 9.91. The smallest absolute Gasteiger partial charge is 0.251 e. The van der Waals surface area contributed by atoms with Gasteiger partial charge in [-0.05, 0) is 51.7 Å². The number of nitrogens with two attached hydrogens (primary N) is 1. The molecule has 1 aliphatic carbocycles. The van der Waals surface area contributed by atoms with Gasteiger partial charge in [-0.3, -0.25) is 4.79 Å². The summed E-state index contributed by atoms with van der Waals surface area (Å²) in [5.41, 5.74) is 8.97. The average Bonchev–Trinajstić information content (AvgIpc) is 2.75. The third-order valence-electron chi connectivity index (χ3n) is 5.58. The van der Waals surface area contributed by atoms with E-state index in [1.165, 1.54) is 6.07 Å². The number of fused-ring (bicyclic) bond motifs is 1. The van der Waals surface area contributed by atoms with Crippen LogP contribution in [0.2, 0.25) is 0 Å². The Balaban J connectivity index is 1.59. The van der Waals surface area contributed by atoms with E-state index < -0.39 is 0 Å². The van der Waals surface area contributed by atoms with Gasteiger partial charge in [0.25, 0.3) is 5.56 Å². The van der Waals surface area contributed by atoms with Crippen molar-refractivity contribution in [2.75, 3.05) is 10.6 Å². The molecule has 3 aromatic heterocycles. The van der Waals surface area contributed by atoms with Crippen LogP contribution >= 0.6 is 0 Å². The highest BCUT2D eigenvalue weighted by molar-refractivity contribution is 5.76. The largest absolute Gasteiger partial charge is 0.380 e. The van der Waals surface area contributed by atoms with Crippen LogP contribution in [0.4, 0.5) is 17.3 Å². The number of hydrogen-bond donors (Lipinski definition) is 3. The van der Waals surface area contributed by atoms with Gasteiger partial charge in [0.1, 0.15) is 6.07 Å². The van der Waals surface area contributed by atoms with Gasteiger partial charge in [-0.1, -0.05) is 0 Å². The number of aromatic nitrogens is 4. The van der Waals surface area contributed by atoms with Crippen molar-refractivity contribution in [3.63, 3.8) is 0 Å². The summed E-state index contributed by atoms with van der Waals surface area (Å²) in [6, 6.07) is 7.74. The first-order chi connectivity index (χ1) is 14.9. The minimum atomic E-state index is -0.0810. The molecule has 160 valence electrons. The predicted octanol–water partition coefficient (Wildman–Crippen LogP) is 3.06. The second kappa shape index (κ2) is 8.70. The summed E-state index contributed by atoms with van der Waals surface area (Å²) in [5.74, 6) is 0.391. The summed E-state index contributed by atoms with van der Waals surface area (Å²) in [6.07, 6.45) is 7.11. The Kier molecular flexibility index (Phi) is 5.82. The Bertz CT molecular complexity index is 1190. The van der Waals surface area contributed by atoms with Gasteiger partial charge in [-0.15, -0.1) is 0 Å². The molecule has 1 saturated carbocycles. The molecule has 31 heavy (non-hydrogen) atoms. The van der Waals surface area contributed by atoms with Crippen molar-refractivity contribution in [3.8, 4) is 6.07 Å². The molecule has 1 fully saturated rings. The van der Waals surface area contributed by atoms with Crippen LogP contribution in [0, 0.1) is 11.3 Å². The molecule has 0 unspecified atom stereocenters. The number of nitriles is 1. The number of nitrogens with zero attached hydrogens (tertiary/aromatic N) is 5. The maximum atomic E-state index is 12.2. The van der Waals surface area contributed by atoms with Gasteiger partial charge in [0, 0.05) is 24.2 Å². The molecule has 0 radical (unpaired) electrons. The molecule has 3 aromatic rings. The Morgan fingerprint density at radius 2 is 1.97 bits per heavy atom. The fourth-order valence-corrected chi connectivity index (χ4v) is 3.98. The third-order valence-corrected chi connectivity index (χ3v) is 5.58. The van der Waals surface area contributed by atoms with Gasteiger partial charge in [0.05, 0.1) is 34.8 Å². The number of hydrogen-bond acceptors (Lipinski definition) is 8. The fraction of sp³-hybridized carbons (Fsp3) is 0.409. The Labute approximate surface area is 180 Å². The number of anilines is 3. The second-order valence-electron chi connectivity index (χ2n) is 8.21. The van der Waals surface area contributed by atoms with E-state index in [2.05, 4.69) is 31.7 Å². The molecule has 0 aromatic carbocycles. The Morgan fingerprint density at radius 1 is 1.19 bits per heavy atom. The topological polar surface area (TPSA) is 135 Å². The van der Waals surface area contributed by atoms with Crippen molar-refractivity contribution >= 4 is 28.4 Å². The van der Waals surface area contributed by atoms with E-state index >= 15 is 0 Å². The van der Waals surface area contributed by atoms with Gasteiger partial charge in [0.15, 0.2) is 5.69 Å². The van der Waals surface area contributed by atoms with Gasteiger partial charge < -0.3 is 20.9 Å². The van der Waals surface area contributed by atoms with Crippen LogP contribution in [0.3, 0.4) is 0 Å². The Hall–Kier alpha value is -3.51. The second-order valence-corrected chi connectivity index (χ2v) is 8.21. The normalized spacial score (nSPS) is 18.7. The van der Waals surface area contributed by atoms with Gasteiger partial charge in [0.2, 0.25) is 5.95 Å². The van der Waals surface area contributed by atoms with E-state index in [9.17, 15) is 10.1 Å². The standard InChI is InChI=1S/C22H26N8O/c1-13(2)30-20-12-26-22(29-17(20)7-8-21(30)31)28-16-9-18(19(10-23)25-11-16)27-15-5-3-14(24)4-6-15/h7-9,11-15,27H,3-6,24H2,1-2H3,(H,26,28,29). The van der Waals surface area contributed by atoms with Crippen LogP contribution in [0.1, 0.15) is 51.3 Å². The first-order valence-corrected chi connectivity index (χ1v) is 10.5. The highest BCUT2D eigenvalue weighted by Gasteiger charge is 2.20. The Morgan fingerprint density at radius 3 is 2.68 bits per heavy atom. The summed E-state index contributed by atoms with van der Waals surface area (Å²) in [6.45, 7) is 3.90. The quantitative estimate of drug-likeness (QED) is 0.575. The molecular formula is C22H26N8O. The zero-order chi connectivity index (χ0) is 22.0. The lowest BCUT2D eigenvalue weighted by Crippen LogP contribution is -2.33. The molecule has 0 aliphatic heterocycles. The van der Waals surface area contributed by atoms with E-state index in [0.29, 0.717) is 34.1 Å². The molecule has 0 atom stereocenters. The van der Waals surface area contributed by atoms with Crippen LogP contribution in [0.5, 0.6) is 0 Å². The van der Waals surface area contributed by atoms with Crippen molar-refractivity contribution in [2.24, 2.45) is 5.73 Å². The minimum Gasteiger partial charge on any atom is -0.380 e. The van der Waals surface area contributed by atoms with Crippen LogP contribution in [0.15, 0.2) is 35.4 Å². The van der Waals surface area contributed by atoms with E-state index in [1.54, 1.807) is 23.0 Å². The van der Waals surface area contributed by atoms with E-state index in [1.807, 2.05) is 19.9 Å².